The van der Waals surface area contributed by atoms with Crippen molar-refractivity contribution in [2.24, 2.45) is 5.92 Å². The molecular formula is C17H22F2N2O. The molecule has 2 heterocycles. The summed E-state index contributed by atoms with van der Waals surface area (Å²) in [5, 5.41) is 6.35. The molecular weight excluding hydrogens is 286 g/mol. The molecule has 120 valence electrons. The number of rotatable bonds is 5. The van der Waals surface area contributed by atoms with Gasteiger partial charge in [0.2, 0.25) is 5.91 Å². The van der Waals surface area contributed by atoms with Gasteiger partial charge < -0.3 is 10.6 Å². The van der Waals surface area contributed by atoms with Gasteiger partial charge in [-0.15, -0.1) is 0 Å². The zero-order valence-corrected chi connectivity index (χ0v) is 12.6. The highest BCUT2D eigenvalue weighted by molar-refractivity contribution is 5.76. The molecule has 0 aromatic heterocycles. The first-order chi connectivity index (χ1) is 10.6. The first-order valence-electron chi connectivity index (χ1n) is 8.07. The summed E-state index contributed by atoms with van der Waals surface area (Å²) in [6.45, 7) is 0.272. The fraction of sp³-hybridized carbons (Fsp3) is 0.588. The fourth-order valence-electron chi connectivity index (χ4n) is 3.77. The standard InChI is InChI=1S/C17H22F2N2O/c18-15-2-1-3-16(19)14(15)6-7-20-17(22)10-11-8-12-4-5-13(9-11)21-12/h1-3,11-13,21H,4-10H2,(H,20,22). The molecule has 1 amide bonds. The van der Waals surface area contributed by atoms with Gasteiger partial charge in [-0.05, 0) is 50.2 Å². The molecule has 1 aromatic rings. The number of carbonyl (C=O) groups excluding carboxylic acids is 1. The minimum Gasteiger partial charge on any atom is -0.356 e. The Labute approximate surface area is 129 Å². The highest BCUT2D eigenvalue weighted by Crippen LogP contribution is 2.32. The third kappa shape index (κ3) is 3.64. The molecule has 22 heavy (non-hydrogen) atoms. The van der Waals surface area contributed by atoms with Crippen molar-refractivity contribution < 1.29 is 13.6 Å². The monoisotopic (exact) mass is 308 g/mol. The minimum atomic E-state index is -0.552. The lowest BCUT2D eigenvalue weighted by Gasteiger charge is -2.28. The molecule has 1 aromatic carbocycles. The lowest BCUT2D eigenvalue weighted by Crippen LogP contribution is -2.39. The number of fused-ring (bicyclic) bond motifs is 2. The van der Waals surface area contributed by atoms with Crippen molar-refractivity contribution in [3.8, 4) is 0 Å². The van der Waals surface area contributed by atoms with Gasteiger partial charge in [0.15, 0.2) is 0 Å². The van der Waals surface area contributed by atoms with Crippen LogP contribution >= 0.6 is 0 Å². The quantitative estimate of drug-likeness (QED) is 0.878. The Morgan fingerprint density at radius 2 is 1.82 bits per heavy atom. The van der Waals surface area contributed by atoms with Crippen LogP contribution in [0.5, 0.6) is 0 Å². The van der Waals surface area contributed by atoms with Crippen molar-refractivity contribution >= 4 is 5.91 Å². The highest BCUT2D eigenvalue weighted by atomic mass is 19.1. The fourth-order valence-corrected chi connectivity index (χ4v) is 3.77. The van der Waals surface area contributed by atoms with Crippen LogP contribution in [0, 0.1) is 17.6 Å². The van der Waals surface area contributed by atoms with Crippen LogP contribution in [0.15, 0.2) is 18.2 Å². The predicted molar refractivity (Wildman–Crippen MR) is 80.4 cm³/mol. The summed E-state index contributed by atoms with van der Waals surface area (Å²) in [7, 11) is 0. The Balaban J connectivity index is 1.43. The summed E-state index contributed by atoms with van der Waals surface area (Å²) >= 11 is 0. The summed E-state index contributed by atoms with van der Waals surface area (Å²) in [5.74, 6) is -0.680. The van der Waals surface area contributed by atoms with Gasteiger partial charge in [-0.3, -0.25) is 4.79 Å². The van der Waals surface area contributed by atoms with Gasteiger partial charge in [-0.1, -0.05) is 6.07 Å². The van der Waals surface area contributed by atoms with E-state index in [9.17, 15) is 13.6 Å². The maximum absolute atomic E-state index is 13.5. The number of amides is 1. The van der Waals surface area contributed by atoms with Crippen molar-refractivity contribution in [3.05, 3.63) is 35.4 Å². The number of nitrogens with one attached hydrogen (secondary N) is 2. The molecule has 2 atom stereocenters. The highest BCUT2D eigenvalue weighted by Gasteiger charge is 2.34. The Bertz CT molecular complexity index is 517. The molecule has 0 spiro atoms. The number of benzene rings is 1. The molecule has 3 rings (SSSR count). The molecule has 2 unspecified atom stereocenters. The van der Waals surface area contributed by atoms with Crippen LogP contribution in [0.25, 0.3) is 0 Å². The molecule has 2 aliphatic heterocycles. The molecule has 2 fully saturated rings. The molecule has 0 saturated carbocycles. The normalized spacial score (nSPS) is 26.9. The van der Waals surface area contributed by atoms with E-state index in [1.165, 1.54) is 31.0 Å². The minimum absolute atomic E-state index is 0.0111. The molecule has 2 aliphatic rings. The van der Waals surface area contributed by atoms with E-state index in [0.29, 0.717) is 24.4 Å². The first kappa shape index (κ1) is 15.4. The van der Waals surface area contributed by atoms with Gasteiger partial charge in [-0.2, -0.15) is 0 Å². The van der Waals surface area contributed by atoms with E-state index in [1.807, 2.05) is 0 Å². The van der Waals surface area contributed by atoms with E-state index in [0.717, 1.165) is 12.8 Å². The molecule has 2 saturated heterocycles. The third-order valence-electron chi connectivity index (χ3n) is 4.80. The topological polar surface area (TPSA) is 41.1 Å². The summed E-state index contributed by atoms with van der Waals surface area (Å²) in [5.41, 5.74) is 0.0442. The SMILES string of the molecule is O=C(CC1CC2CCC(C1)N2)NCCc1c(F)cccc1F. The maximum atomic E-state index is 13.5. The van der Waals surface area contributed by atoms with E-state index in [-0.39, 0.29) is 24.4 Å². The average molecular weight is 308 g/mol. The summed E-state index contributed by atoms with van der Waals surface area (Å²) in [6, 6.07) is 4.97. The lowest BCUT2D eigenvalue weighted by atomic mass is 9.89. The Hall–Kier alpha value is -1.49. The van der Waals surface area contributed by atoms with Crippen LogP contribution in [-0.2, 0) is 11.2 Å². The lowest BCUT2D eigenvalue weighted by molar-refractivity contribution is -0.122. The van der Waals surface area contributed by atoms with E-state index in [1.54, 1.807) is 0 Å². The maximum Gasteiger partial charge on any atom is 0.220 e. The van der Waals surface area contributed by atoms with Gasteiger partial charge in [0.1, 0.15) is 11.6 Å². The molecule has 3 nitrogen and oxygen atoms in total. The number of piperidine rings is 1. The van der Waals surface area contributed by atoms with Crippen LogP contribution < -0.4 is 10.6 Å². The van der Waals surface area contributed by atoms with Crippen molar-refractivity contribution in [1.29, 1.82) is 0 Å². The second-order valence-corrected chi connectivity index (χ2v) is 6.48. The van der Waals surface area contributed by atoms with E-state index < -0.39 is 11.6 Å². The Morgan fingerprint density at radius 1 is 1.18 bits per heavy atom. The Morgan fingerprint density at radius 3 is 2.45 bits per heavy atom. The van der Waals surface area contributed by atoms with Gasteiger partial charge in [0.05, 0.1) is 0 Å². The number of carbonyl (C=O) groups is 1. The molecule has 2 bridgehead atoms. The predicted octanol–water partition coefficient (Wildman–Crippen LogP) is 2.54. The molecule has 5 heteroatoms. The zero-order valence-electron chi connectivity index (χ0n) is 12.6. The van der Waals surface area contributed by atoms with Crippen LogP contribution in [0.4, 0.5) is 8.78 Å². The average Bonchev–Trinajstić information content (AvgIpc) is 2.81. The largest absolute Gasteiger partial charge is 0.356 e. The molecule has 2 N–H and O–H groups in total. The van der Waals surface area contributed by atoms with Crippen molar-refractivity contribution in [2.75, 3.05) is 6.54 Å². The third-order valence-corrected chi connectivity index (χ3v) is 4.80. The van der Waals surface area contributed by atoms with Crippen LogP contribution in [0.1, 0.15) is 37.7 Å². The smallest absolute Gasteiger partial charge is 0.220 e. The van der Waals surface area contributed by atoms with Gasteiger partial charge >= 0.3 is 0 Å². The van der Waals surface area contributed by atoms with Gasteiger partial charge in [0, 0.05) is 30.6 Å². The summed E-state index contributed by atoms with van der Waals surface area (Å²) in [6.07, 6.45) is 5.26. The van der Waals surface area contributed by atoms with Crippen LogP contribution in [-0.4, -0.2) is 24.5 Å². The van der Waals surface area contributed by atoms with Crippen molar-refractivity contribution in [3.63, 3.8) is 0 Å². The van der Waals surface area contributed by atoms with E-state index >= 15 is 0 Å². The number of halogens is 2. The second kappa shape index (κ2) is 6.73. The zero-order chi connectivity index (χ0) is 15.5. The van der Waals surface area contributed by atoms with Crippen LogP contribution in [0.2, 0.25) is 0 Å². The summed E-state index contributed by atoms with van der Waals surface area (Å²) in [4.78, 5) is 12.0. The second-order valence-electron chi connectivity index (χ2n) is 6.48. The first-order valence-corrected chi connectivity index (χ1v) is 8.07. The summed E-state index contributed by atoms with van der Waals surface area (Å²) < 4.78 is 27.0. The van der Waals surface area contributed by atoms with Crippen molar-refractivity contribution in [2.45, 2.75) is 50.6 Å². The van der Waals surface area contributed by atoms with Crippen LogP contribution in [0.3, 0.4) is 0 Å². The van der Waals surface area contributed by atoms with Gasteiger partial charge in [0.25, 0.3) is 0 Å². The number of hydrogen-bond donors (Lipinski definition) is 2. The van der Waals surface area contributed by atoms with E-state index in [4.69, 9.17) is 0 Å². The molecule has 0 radical (unpaired) electrons. The van der Waals surface area contributed by atoms with Gasteiger partial charge in [-0.25, -0.2) is 8.78 Å². The number of hydrogen-bond acceptors (Lipinski definition) is 2. The van der Waals surface area contributed by atoms with E-state index in [2.05, 4.69) is 10.6 Å². The van der Waals surface area contributed by atoms with Crippen molar-refractivity contribution in [1.82, 2.24) is 10.6 Å². The Kier molecular flexibility index (Phi) is 4.71. The molecule has 0 aliphatic carbocycles.